The fourth-order valence-electron chi connectivity index (χ4n) is 3.97. The Labute approximate surface area is 149 Å². The van der Waals surface area contributed by atoms with Crippen molar-refractivity contribution in [2.45, 2.75) is 44.6 Å². The van der Waals surface area contributed by atoms with Crippen LogP contribution in [-0.2, 0) is 15.1 Å². The van der Waals surface area contributed by atoms with Crippen molar-refractivity contribution in [2.24, 2.45) is 5.92 Å². The number of carbonyl (C=O) groups excluding carboxylic acids is 2. The van der Waals surface area contributed by atoms with Crippen LogP contribution in [0.4, 0.5) is 0 Å². The highest BCUT2D eigenvalue weighted by Crippen LogP contribution is 2.31. The highest BCUT2D eigenvalue weighted by atomic mass is 16.2. The van der Waals surface area contributed by atoms with Crippen LogP contribution in [0.15, 0.2) is 18.5 Å². The second kappa shape index (κ2) is 7.99. The standard InChI is InChI=1S/C18H29N5O2/c1-2-8-20-16(24)15-5-3-12-22(14-15)17(25)18(6-10-19-11-7-18)23-13-4-9-21-23/h4,9,13,15,19H,2-3,5-8,10-12,14H2,1H3,(H,20,24). The maximum Gasteiger partial charge on any atom is 0.250 e. The molecule has 2 aliphatic heterocycles. The third-order valence-corrected chi connectivity index (χ3v) is 5.40. The Kier molecular flexibility index (Phi) is 5.73. The molecule has 7 heteroatoms. The Hall–Kier alpha value is -1.89. The smallest absolute Gasteiger partial charge is 0.250 e. The molecular weight excluding hydrogens is 318 g/mol. The van der Waals surface area contributed by atoms with Gasteiger partial charge in [-0.25, -0.2) is 0 Å². The van der Waals surface area contributed by atoms with Crippen molar-refractivity contribution in [1.82, 2.24) is 25.3 Å². The van der Waals surface area contributed by atoms with Crippen molar-refractivity contribution >= 4 is 11.8 Å². The zero-order chi connectivity index (χ0) is 17.7. The van der Waals surface area contributed by atoms with Crippen LogP contribution in [0.3, 0.4) is 0 Å². The number of hydrogen-bond donors (Lipinski definition) is 2. The minimum absolute atomic E-state index is 0.0813. The number of hydrogen-bond acceptors (Lipinski definition) is 4. The maximum absolute atomic E-state index is 13.5. The van der Waals surface area contributed by atoms with Crippen LogP contribution in [0, 0.1) is 5.92 Å². The van der Waals surface area contributed by atoms with Crippen molar-refractivity contribution in [3.63, 3.8) is 0 Å². The number of piperidine rings is 2. The summed E-state index contributed by atoms with van der Waals surface area (Å²) in [6.45, 7) is 5.60. The average Bonchev–Trinajstić information content (AvgIpc) is 3.21. The molecule has 2 aliphatic rings. The van der Waals surface area contributed by atoms with Gasteiger partial charge in [0.1, 0.15) is 5.54 Å². The minimum atomic E-state index is -0.615. The molecule has 0 spiro atoms. The molecule has 7 nitrogen and oxygen atoms in total. The average molecular weight is 347 g/mol. The number of nitrogens with one attached hydrogen (secondary N) is 2. The minimum Gasteiger partial charge on any atom is -0.356 e. The van der Waals surface area contributed by atoms with Crippen LogP contribution < -0.4 is 10.6 Å². The molecular formula is C18H29N5O2. The van der Waals surface area contributed by atoms with Crippen LogP contribution in [0.1, 0.15) is 39.0 Å². The quantitative estimate of drug-likeness (QED) is 0.823. The largest absolute Gasteiger partial charge is 0.356 e. The fraction of sp³-hybridized carbons (Fsp3) is 0.722. The molecule has 0 saturated carbocycles. The van der Waals surface area contributed by atoms with E-state index >= 15 is 0 Å². The molecule has 1 unspecified atom stereocenters. The van der Waals surface area contributed by atoms with E-state index in [0.717, 1.165) is 51.7 Å². The van der Waals surface area contributed by atoms with Crippen LogP contribution in [0.25, 0.3) is 0 Å². The molecule has 0 bridgehead atoms. The van der Waals surface area contributed by atoms with Gasteiger partial charge in [0.2, 0.25) is 5.91 Å². The Morgan fingerprint density at radius 3 is 2.84 bits per heavy atom. The predicted molar refractivity (Wildman–Crippen MR) is 94.9 cm³/mol. The third-order valence-electron chi connectivity index (χ3n) is 5.40. The highest BCUT2D eigenvalue weighted by Gasteiger charge is 2.45. The lowest BCUT2D eigenvalue weighted by Gasteiger charge is -2.42. The summed E-state index contributed by atoms with van der Waals surface area (Å²) in [5, 5.41) is 10.7. The van der Waals surface area contributed by atoms with Crippen molar-refractivity contribution in [3.05, 3.63) is 18.5 Å². The van der Waals surface area contributed by atoms with Gasteiger partial charge >= 0.3 is 0 Å². The van der Waals surface area contributed by atoms with Crippen LogP contribution in [0.2, 0.25) is 0 Å². The van der Waals surface area contributed by atoms with Gasteiger partial charge < -0.3 is 15.5 Å². The molecule has 2 N–H and O–H groups in total. The summed E-state index contributed by atoms with van der Waals surface area (Å²) >= 11 is 0. The van der Waals surface area contributed by atoms with Crippen LogP contribution >= 0.6 is 0 Å². The predicted octanol–water partition coefficient (Wildman–Crippen LogP) is 0.727. The summed E-state index contributed by atoms with van der Waals surface area (Å²) in [6, 6.07) is 1.87. The molecule has 0 radical (unpaired) electrons. The number of amides is 2. The van der Waals surface area contributed by atoms with E-state index in [1.54, 1.807) is 6.20 Å². The van der Waals surface area contributed by atoms with E-state index in [9.17, 15) is 9.59 Å². The lowest BCUT2D eigenvalue weighted by Crippen LogP contribution is -2.58. The lowest BCUT2D eigenvalue weighted by atomic mass is 9.85. The molecule has 0 aromatic carbocycles. The normalized spacial score (nSPS) is 23.2. The second-order valence-electron chi connectivity index (χ2n) is 7.11. The fourth-order valence-corrected chi connectivity index (χ4v) is 3.97. The van der Waals surface area contributed by atoms with Gasteiger partial charge in [0.05, 0.1) is 5.92 Å². The van der Waals surface area contributed by atoms with Gasteiger partial charge in [0.25, 0.3) is 5.91 Å². The molecule has 3 rings (SSSR count). The van der Waals surface area contributed by atoms with Gasteiger partial charge in [-0.05, 0) is 51.3 Å². The first kappa shape index (κ1) is 17.9. The van der Waals surface area contributed by atoms with E-state index in [2.05, 4.69) is 15.7 Å². The Morgan fingerprint density at radius 2 is 2.16 bits per heavy atom. The summed E-state index contributed by atoms with van der Waals surface area (Å²) in [7, 11) is 0. The van der Waals surface area contributed by atoms with E-state index in [1.807, 2.05) is 28.8 Å². The number of nitrogens with zero attached hydrogens (tertiary/aromatic N) is 3. The monoisotopic (exact) mass is 347 g/mol. The van der Waals surface area contributed by atoms with Gasteiger partial charge in [0.15, 0.2) is 0 Å². The van der Waals surface area contributed by atoms with Gasteiger partial charge in [0, 0.05) is 32.0 Å². The Balaban J connectivity index is 1.74. The zero-order valence-electron chi connectivity index (χ0n) is 15.0. The Bertz CT molecular complexity index is 580. The number of aromatic nitrogens is 2. The van der Waals surface area contributed by atoms with Gasteiger partial charge in [-0.15, -0.1) is 0 Å². The van der Waals surface area contributed by atoms with Gasteiger partial charge in [-0.2, -0.15) is 5.10 Å². The molecule has 3 heterocycles. The Morgan fingerprint density at radius 1 is 1.36 bits per heavy atom. The maximum atomic E-state index is 13.5. The SMILES string of the molecule is CCCNC(=O)C1CCCN(C(=O)C2(n3cccn3)CCNCC2)C1. The summed E-state index contributed by atoms with van der Waals surface area (Å²) in [4.78, 5) is 27.7. The van der Waals surface area contributed by atoms with Crippen molar-refractivity contribution in [1.29, 1.82) is 0 Å². The highest BCUT2D eigenvalue weighted by molar-refractivity contribution is 5.86. The summed E-state index contributed by atoms with van der Waals surface area (Å²) in [6.07, 6.45) is 7.75. The van der Waals surface area contributed by atoms with E-state index in [-0.39, 0.29) is 17.7 Å². The first-order valence-electron chi connectivity index (χ1n) is 9.45. The third kappa shape index (κ3) is 3.71. The molecule has 1 aromatic rings. The van der Waals surface area contributed by atoms with Crippen LogP contribution in [0.5, 0.6) is 0 Å². The molecule has 2 fully saturated rings. The van der Waals surface area contributed by atoms with Crippen molar-refractivity contribution < 1.29 is 9.59 Å². The number of carbonyl (C=O) groups is 2. The second-order valence-corrected chi connectivity index (χ2v) is 7.11. The number of rotatable bonds is 5. The van der Waals surface area contributed by atoms with Crippen LogP contribution in [-0.4, -0.2) is 59.2 Å². The van der Waals surface area contributed by atoms with Crippen molar-refractivity contribution in [2.75, 3.05) is 32.7 Å². The van der Waals surface area contributed by atoms with E-state index in [4.69, 9.17) is 0 Å². The topological polar surface area (TPSA) is 79.3 Å². The molecule has 138 valence electrons. The first-order valence-corrected chi connectivity index (χ1v) is 9.45. The molecule has 0 aliphatic carbocycles. The summed E-state index contributed by atoms with van der Waals surface area (Å²) < 4.78 is 1.83. The molecule has 1 aromatic heterocycles. The van der Waals surface area contributed by atoms with E-state index < -0.39 is 5.54 Å². The van der Waals surface area contributed by atoms with E-state index in [1.165, 1.54) is 0 Å². The molecule has 25 heavy (non-hydrogen) atoms. The number of likely N-dealkylation sites (tertiary alicyclic amines) is 1. The zero-order valence-corrected chi connectivity index (χ0v) is 15.0. The molecule has 1 atom stereocenters. The molecule has 2 amide bonds. The van der Waals surface area contributed by atoms with Crippen molar-refractivity contribution in [3.8, 4) is 0 Å². The first-order chi connectivity index (χ1) is 12.2. The summed E-state index contributed by atoms with van der Waals surface area (Å²) in [5.74, 6) is 0.101. The molecule has 2 saturated heterocycles. The van der Waals surface area contributed by atoms with Gasteiger partial charge in [-0.1, -0.05) is 6.92 Å². The summed E-state index contributed by atoms with van der Waals surface area (Å²) in [5.41, 5.74) is -0.615. The van der Waals surface area contributed by atoms with Gasteiger partial charge in [-0.3, -0.25) is 14.3 Å². The van der Waals surface area contributed by atoms with E-state index in [0.29, 0.717) is 13.1 Å². The lowest BCUT2D eigenvalue weighted by molar-refractivity contribution is -0.146.